The minimum atomic E-state index is 0.221. The van der Waals surface area contributed by atoms with E-state index in [9.17, 15) is 0 Å². The maximum atomic E-state index is 4.47. The minimum absolute atomic E-state index is 0.221. The van der Waals surface area contributed by atoms with Gasteiger partial charge in [0, 0.05) is 17.4 Å². The number of hydrogen-bond acceptors (Lipinski definition) is 6. The lowest BCUT2D eigenvalue weighted by molar-refractivity contribution is 0.869. The molecule has 0 saturated heterocycles. The monoisotopic (exact) mass is 334 g/mol. The quantitative estimate of drug-likeness (QED) is 0.617. The van der Waals surface area contributed by atoms with Crippen LogP contribution in [0.4, 0.5) is 29.2 Å². The van der Waals surface area contributed by atoms with E-state index in [1.165, 1.54) is 5.56 Å². The molecule has 128 valence electrons. The van der Waals surface area contributed by atoms with Crippen molar-refractivity contribution in [2.24, 2.45) is 0 Å². The summed E-state index contributed by atoms with van der Waals surface area (Å²) in [5.74, 6) is 1.50. The average molecular weight is 334 g/mol. The van der Waals surface area contributed by atoms with Crippen LogP contribution in [0.15, 0.2) is 54.6 Å². The van der Waals surface area contributed by atoms with Crippen molar-refractivity contribution in [3.63, 3.8) is 0 Å². The van der Waals surface area contributed by atoms with Crippen molar-refractivity contribution in [1.29, 1.82) is 0 Å². The minimum Gasteiger partial charge on any atom is -0.352 e. The lowest BCUT2D eigenvalue weighted by Gasteiger charge is -2.13. The van der Waals surface area contributed by atoms with E-state index < -0.39 is 0 Å². The summed E-state index contributed by atoms with van der Waals surface area (Å²) >= 11 is 0. The highest BCUT2D eigenvalue weighted by atomic mass is 15.3. The van der Waals surface area contributed by atoms with Crippen molar-refractivity contribution < 1.29 is 0 Å². The normalized spacial score (nSPS) is 10.6. The lowest BCUT2D eigenvalue weighted by atomic mass is 10.2. The van der Waals surface area contributed by atoms with Gasteiger partial charge in [-0.05, 0) is 45.0 Å². The zero-order valence-corrected chi connectivity index (χ0v) is 14.6. The van der Waals surface area contributed by atoms with E-state index in [2.05, 4.69) is 37.8 Å². The fourth-order valence-corrected chi connectivity index (χ4v) is 2.23. The van der Waals surface area contributed by atoms with Gasteiger partial charge in [-0.2, -0.15) is 15.0 Å². The molecular weight excluding hydrogens is 312 g/mol. The Kier molecular flexibility index (Phi) is 5.09. The van der Waals surface area contributed by atoms with Gasteiger partial charge in [0.25, 0.3) is 0 Å². The summed E-state index contributed by atoms with van der Waals surface area (Å²) in [5, 5.41) is 9.66. The summed E-state index contributed by atoms with van der Waals surface area (Å²) < 4.78 is 0. The molecule has 3 N–H and O–H groups in total. The van der Waals surface area contributed by atoms with Crippen molar-refractivity contribution in [1.82, 2.24) is 15.0 Å². The zero-order chi connectivity index (χ0) is 17.6. The van der Waals surface area contributed by atoms with Gasteiger partial charge >= 0.3 is 0 Å². The van der Waals surface area contributed by atoms with Crippen LogP contribution in [-0.4, -0.2) is 21.0 Å². The Balaban J connectivity index is 1.87. The van der Waals surface area contributed by atoms with E-state index in [0.717, 1.165) is 11.4 Å². The summed E-state index contributed by atoms with van der Waals surface area (Å²) in [6, 6.07) is 18.1. The molecule has 6 nitrogen and oxygen atoms in total. The Morgan fingerprint density at radius 3 is 1.76 bits per heavy atom. The van der Waals surface area contributed by atoms with Crippen LogP contribution in [0.5, 0.6) is 0 Å². The van der Waals surface area contributed by atoms with Crippen LogP contribution in [-0.2, 0) is 0 Å². The van der Waals surface area contributed by atoms with E-state index in [4.69, 9.17) is 0 Å². The second kappa shape index (κ2) is 7.61. The van der Waals surface area contributed by atoms with Crippen LogP contribution in [0.2, 0.25) is 0 Å². The number of nitrogens with zero attached hydrogens (tertiary/aromatic N) is 3. The number of rotatable bonds is 6. The standard InChI is InChI=1S/C19H22N6/c1-13(2)20-17-23-18(21-15-7-5-4-6-8-15)25-19(24-17)22-16-11-9-14(3)10-12-16/h4-13H,1-3H3,(H3,20,21,22,23,24,25). The Hall–Kier alpha value is -3.15. The van der Waals surface area contributed by atoms with Gasteiger partial charge in [-0.15, -0.1) is 0 Å². The fourth-order valence-electron chi connectivity index (χ4n) is 2.23. The Bertz CT molecular complexity index is 815. The molecule has 0 saturated carbocycles. The highest BCUT2D eigenvalue weighted by Crippen LogP contribution is 2.19. The second-order valence-corrected chi connectivity index (χ2v) is 6.09. The number of aryl methyl sites for hydroxylation is 1. The first-order valence-corrected chi connectivity index (χ1v) is 8.27. The Labute approximate surface area is 147 Å². The smallest absolute Gasteiger partial charge is 0.233 e. The average Bonchev–Trinajstić information content (AvgIpc) is 2.57. The van der Waals surface area contributed by atoms with Crippen molar-refractivity contribution >= 4 is 29.2 Å². The summed E-state index contributed by atoms with van der Waals surface area (Å²) in [4.78, 5) is 13.4. The Morgan fingerprint density at radius 1 is 0.680 bits per heavy atom. The van der Waals surface area contributed by atoms with Gasteiger partial charge < -0.3 is 16.0 Å². The van der Waals surface area contributed by atoms with Gasteiger partial charge in [0.1, 0.15) is 0 Å². The molecule has 2 aromatic carbocycles. The molecule has 0 aliphatic heterocycles. The molecule has 0 amide bonds. The lowest BCUT2D eigenvalue weighted by Crippen LogP contribution is -2.15. The SMILES string of the molecule is Cc1ccc(Nc2nc(Nc3ccccc3)nc(NC(C)C)n2)cc1. The number of nitrogens with one attached hydrogen (secondary N) is 3. The summed E-state index contributed by atoms with van der Waals surface area (Å²) in [6.07, 6.45) is 0. The first-order chi connectivity index (χ1) is 12.1. The molecular formula is C19H22N6. The largest absolute Gasteiger partial charge is 0.352 e. The van der Waals surface area contributed by atoms with Gasteiger partial charge in [0.15, 0.2) is 0 Å². The third-order valence-corrected chi connectivity index (χ3v) is 3.39. The number of benzene rings is 2. The van der Waals surface area contributed by atoms with Crippen LogP contribution in [0.25, 0.3) is 0 Å². The highest BCUT2D eigenvalue weighted by molar-refractivity contribution is 5.59. The number of aromatic nitrogens is 3. The van der Waals surface area contributed by atoms with E-state index in [1.54, 1.807) is 0 Å². The summed E-state index contributed by atoms with van der Waals surface area (Å²) in [6.45, 7) is 6.14. The van der Waals surface area contributed by atoms with E-state index in [-0.39, 0.29) is 6.04 Å². The number of para-hydroxylation sites is 1. The fraction of sp³-hybridized carbons (Fsp3) is 0.211. The number of anilines is 5. The topological polar surface area (TPSA) is 74.8 Å². The molecule has 25 heavy (non-hydrogen) atoms. The van der Waals surface area contributed by atoms with Gasteiger partial charge in [-0.1, -0.05) is 35.9 Å². The molecule has 0 radical (unpaired) electrons. The predicted octanol–water partition coefficient (Wildman–Crippen LogP) is 4.49. The van der Waals surface area contributed by atoms with Gasteiger partial charge in [-0.25, -0.2) is 0 Å². The summed E-state index contributed by atoms with van der Waals surface area (Å²) in [7, 11) is 0. The maximum absolute atomic E-state index is 4.47. The third kappa shape index (κ3) is 4.91. The molecule has 1 aromatic heterocycles. The first-order valence-electron chi connectivity index (χ1n) is 8.27. The van der Waals surface area contributed by atoms with Crippen LogP contribution in [0.3, 0.4) is 0 Å². The van der Waals surface area contributed by atoms with Crippen molar-refractivity contribution in [2.75, 3.05) is 16.0 Å². The van der Waals surface area contributed by atoms with E-state index >= 15 is 0 Å². The summed E-state index contributed by atoms with van der Waals surface area (Å²) in [5.41, 5.74) is 3.05. The zero-order valence-electron chi connectivity index (χ0n) is 14.6. The van der Waals surface area contributed by atoms with Crippen LogP contribution in [0.1, 0.15) is 19.4 Å². The predicted molar refractivity (Wildman–Crippen MR) is 103 cm³/mol. The van der Waals surface area contributed by atoms with Gasteiger partial charge in [-0.3, -0.25) is 0 Å². The molecule has 0 spiro atoms. The molecule has 1 heterocycles. The molecule has 0 unspecified atom stereocenters. The van der Waals surface area contributed by atoms with E-state index in [1.807, 2.05) is 68.4 Å². The van der Waals surface area contributed by atoms with Crippen molar-refractivity contribution in [3.05, 3.63) is 60.2 Å². The molecule has 0 atom stereocenters. The van der Waals surface area contributed by atoms with Gasteiger partial charge in [0.2, 0.25) is 17.8 Å². The Morgan fingerprint density at radius 2 is 1.20 bits per heavy atom. The first kappa shape index (κ1) is 16.7. The van der Waals surface area contributed by atoms with Crippen molar-refractivity contribution in [3.8, 4) is 0 Å². The van der Waals surface area contributed by atoms with Crippen LogP contribution >= 0.6 is 0 Å². The van der Waals surface area contributed by atoms with Crippen LogP contribution in [0, 0.1) is 6.92 Å². The highest BCUT2D eigenvalue weighted by Gasteiger charge is 2.08. The molecule has 0 aliphatic rings. The third-order valence-electron chi connectivity index (χ3n) is 3.39. The molecule has 0 bridgehead atoms. The molecule has 0 aliphatic carbocycles. The van der Waals surface area contributed by atoms with Crippen LogP contribution < -0.4 is 16.0 Å². The molecule has 3 aromatic rings. The number of hydrogen-bond donors (Lipinski definition) is 3. The molecule has 3 rings (SSSR count). The van der Waals surface area contributed by atoms with Gasteiger partial charge in [0.05, 0.1) is 0 Å². The maximum Gasteiger partial charge on any atom is 0.233 e. The van der Waals surface area contributed by atoms with Crippen molar-refractivity contribution in [2.45, 2.75) is 26.8 Å². The molecule has 6 heteroatoms. The van der Waals surface area contributed by atoms with E-state index in [0.29, 0.717) is 17.8 Å². The molecule has 0 fully saturated rings. The second-order valence-electron chi connectivity index (χ2n) is 6.09.